The molecule has 8 heteroatoms. The van der Waals surface area contributed by atoms with E-state index in [-0.39, 0.29) is 11.7 Å². The highest BCUT2D eigenvalue weighted by Crippen LogP contribution is 2.32. The first-order valence-corrected chi connectivity index (χ1v) is 11.6. The van der Waals surface area contributed by atoms with E-state index in [1.54, 1.807) is 0 Å². The van der Waals surface area contributed by atoms with Gasteiger partial charge in [-0.25, -0.2) is 0 Å². The Kier molecular flexibility index (Phi) is 6.75. The summed E-state index contributed by atoms with van der Waals surface area (Å²) in [6, 6.07) is 23.1. The molecule has 3 aromatic carbocycles. The molecule has 5 nitrogen and oxygen atoms in total. The summed E-state index contributed by atoms with van der Waals surface area (Å²) >= 11 is 11.2. The third kappa shape index (κ3) is 5.01. The Morgan fingerprint density at radius 3 is 2.48 bits per heavy atom. The summed E-state index contributed by atoms with van der Waals surface area (Å²) in [5.41, 5.74) is 3.56. The van der Waals surface area contributed by atoms with Gasteiger partial charge in [-0.15, -0.1) is 10.2 Å². The van der Waals surface area contributed by atoms with Crippen LogP contribution in [0.15, 0.2) is 82.4 Å². The summed E-state index contributed by atoms with van der Waals surface area (Å²) in [5.74, 6) is 0.686. The van der Waals surface area contributed by atoms with E-state index in [4.69, 9.17) is 11.6 Å². The lowest BCUT2D eigenvalue weighted by Crippen LogP contribution is -2.15. The molecule has 0 saturated heterocycles. The highest BCUT2D eigenvalue weighted by Gasteiger charge is 2.19. The van der Waals surface area contributed by atoms with E-state index >= 15 is 0 Å². The van der Waals surface area contributed by atoms with Gasteiger partial charge < -0.3 is 5.32 Å². The standard InChI is InChI=1S/C23H18BrClN4OS/c1-15-10-12-16(13-11-15)29-22(17-6-2-4-8-19(17)25)27-28-23(29)31-14-21(30)26-20-9-5-3-7-18(20)24/h2-13H,14H2,1H3,(H,26,30). The summed E-state index contributed by atoms with van der Waals surface area (Å²) < 4.78 is 2.76. The number of para-hydroxylation sites is 1. The Balaban J connectivity index is 1.63. The number of halogens is 2. The monoisotopic (exact) mass is 512 g/mol. The summed E-state index contributed by atoms with van der Waals surface area (Å²) in [5, 5.41) is 12.9. The number of nitrogens with one attached hydrogen (secondary N) is 1. The third-order valence-electron chi connectivity index (χ3n) is 4.52. The number of nitrogens with zero attached hydrogens (tertiary/aromatic N) is 3. The van der Waals surface area contributed by atoms with E-state index in [0.29, 0.717) is 16.0 Å². The molecular formula is C23H18BrClN4OS. The van der Waals surface area contributed by atoms with Gasteiger partial charge in [0.25, 0.3) is 0 Å². The summed E-state index contributed by atoms with van der Waals surface area (Å²) in [6.07, 6.45) is 0. The number of hydrogen-bond donors (Lipinski definition) is 1. The maximum absolute atomic E-state index is 12.5. The minimum absolute atomic E-state index is 0.130. The van der Waals surface area contributed by atoms with Gasteiger partial charge in [0.05, 0.1) is 16.5 Å². The molecule has 1 aromatic heterocycles. The van der Waals surface area contributed by atoms with E-state index in [0.717, 1.165) is 27.0 Å². The Labute approximate surface area is 198 Å². The molecule has 4 rings (SSSR count). The smallest absolute Gasteiger partial charge is 0.234 e. The molecule has 0 unspecified atom stereocenters. The summed E-state index contributed by atoms with van der Waals surface area (Å²) in [7, 11) is 0. The number of aryl methyl sites for hydroxylation is 1. The zero-order valence-corrected chi connectivity index (χ0v) is 19.7. The molecule has 0 aliphatic carbocycles. The van der Waals surface area contributed by atoms with Gasteiger partial charge in [0.2, 0.25) is 5.91 Å². The molecule has 4 aromatic rings. The van der Waals surface area contributed by atoms with Gasteiger partial charge >= 0.3 is 0 Å². The molecule has 31 heavy (non-hydrogen) atoms. The Bertz CT molecular complexity index is 1230. The molecule has 0 saturated carbocycles. The predicted octanol–water partition coefficient (Wildman–Crippen LogP) is 6.39. The van der Waals surface area contributed by atoms with Gasteiger partial charge in [0.15, 0.2) is 11.0 Å². The van der Waals surface area contributed by atoms with Crippen molar-refractivity contribution in [1.29, 1.82) is 0 Å². The average Bonchev–Trinajstić information content (AvgIpc) is 3.18. The lowest BCUT2D eigenvalue weighted by molar-refractivity contribution is -0.113. The molecule has 0 radical (unpaired) electrons. The first-order chi connectivity index (χ1) is 15.0. The van der Waals surface area contributed by atoms with Crippen LogP contribution in [0.25, 0.3) is 17.1 Å². The zero-order chi connectivity index (χ0) is 21.8. The number of hydrogen-bond acceptors (Lipinski definition) is 4. The van der Waals surface area contributed by atoms with Crippen LogP contribution in [0.3, 0.4) is 0 Å². The Hall–Kier alpha value is -2.61. The highest BCUT2D eigenvalue weighted by molar-refractivity contribution is 9.10. The van der Waals surface area contributed by atoms with Gasteiger partial charge in [0, 0.05) is 15.7 Å². The first kappa shape index (κ1) is 21.6. The van der Waals surface area contributed by atoms with E-state index in [1.165, 1.54) is 11.8 Å². The van der Waals surface area contributed by atoms with E-state index < -0.39 is 0 Å². The van der Waals surface area contributed by atoms with Crippen molar-refractivity contribution in [3.05, 3.63) is 87.9 Å². The maximum atomic E-state index is 12.5. The number of thioether (sulfide) groups is 1. The SMILES string of the molecule is Cc1ccc(-n2c(SCC(=O)Nc3ccccc3Br)nnc2-c2ccccc2Cl)cc1. The van der Waals surface area contributed by atoms with Gasteiger partial charge in [-0.2, -0.15) is 0 Å². The average molecular weight is 514 g/mol. The molecule has 0 aliphatic heterocycles. The topological polar surface area (TPSA) is 59.8 Å². The summed E-state index contributed by atoms with van der Waals surface area (Å²) in [4.78, 5) is 12.5. The lowest BCUT2D eigenvalue weighted by atomic mass is 10.2. The number of rotatable bonds is 6. The maximum Gasteiger partial charge on any atom is 0.234 e. The molecular weight excluding hydrogens is 496 g/mol. The Morgan fingerprint density at radius 2 is 1.74 bits per heavy atom. The van der Waals surface area contributed by atoms with E-state index in [9.17, 15) is 4.79 Å². The van der Waals surface area contributed by atoms with Crippen molar-refractivity contribution in [2.24, 2.45) is 0 Å². The van der Waals surface area contributed by atoms with Crippen LogP contribution >= 0.6 is 39.3 Å². The Morgan fingerprint density at radius 1 is 1.03 bits per heavy atom. The summed E-state index contributed by atoms with van der Waals surface area (Å²) in [6.45, 7) is 2.03. The van der Waals surface area contributed by atoms with Gasteiger partial charge in [-0.1, -0.05) is 65.3 Å². The number of carbonyl (C=O) groups is 1. The second kappa shape index (κ2) is 9.68. The fourth-order valence-corrected chi connectivity index (χ4v) is 4.34. The molecule has 1 N–H and O–H groups in total. The van der Waals surface area contributed by atoms with Crippen molar-refractivity contribution in [2.45, 2.75) is 12.1 Å². The van der Waals surface area contributed by atoms with Crippen LogP contribution in [0.5, 0.6) is 0 Å². The van der Waals surface area contributed by atoms with Crippen molar-refractivity contribution in [1.82, 2.24) is 14.8 Å². The molecule has 1 amide bonds. The molecule has 0 atom stereocenters. The van der Waals surface area contributed by atoms with Crippen molar-refractivity contribution >= 4 is 50.9 Å². The molecule has 156 valence electrons. The van der Waals surface area contributed by atoms with Crippen molar-refractivity contribution in [2.75, 3.05) is 11.1 Å². The van der Waals surface area contributed by atoms with Crippen molar-refractivity contribution < 1.29 is 4.79 Å². The minimum Gasteiger partial charge on any atom is -0.324 e. The van der Waals surface area contributed by atoms with E-state index in [2.05, 4.69) is 31.4 Å². The zero-order valence-electron chi connectivity index (χ0n) is 16.5. The van der Waals surface area contributed by atoms with Crippen LogP contribution in [-0.2, 0) is 4.79 Å². The van der Waals surface area contributed by atoms with Gasteiger partial charge in [0.1, 0.15) is 0 Å². The fourth-order valence-electron chi connectivity index (χ4n) is 2.99. The van der Waals surface area contributed by atoms with Crippen LogP contribution in [-0.4, -0.2) is 26.4 Å². The molecule has 0 aliphatic rings. The predicted molar refractivity (Wildman–Crippen MR) is 130 cm³/mol. The van der Waals surface area contributed by atoms with Crippen LogP contribution in [0.1, 0.15) is 5.56 Å². The minimum atomic E-state index is -0.130. The third-order valence-corrected chi connectivity index (χ3v) is 6.47. The van der Waals surface area contributed by atoms with Crippen LogP contribution in [0, 0.1) is 6.92 Å². The first-order valence-electron chi connectivity index (χ1n) is 9.47. The molecule has 1 heterocycles. The van der Waals surface area contributed by atoms with Crippen LogP contribution in [0.2, 0.25) is 5.02 Å². The largest absolute Gasteiger partial charge is 0.324 e. The van der Waals surface area contributed by atoms with Crippen molar-refractivity contribution in [3.8, 4) is 17.1 Å². The van der Waals surface area contributed by atoms with Gasteiger partial charge in [-0.3, -0.25) is 9.36 Å². The quantitative estimate of drug-likeness (QED) is 0.304. The number of anilines is 1. The molecule has 0 bridgehead atoms. The second-order valence-corrected chi connectivity index (χ2v) is 8.98. The fraction of sp³-hybridized carbons (Fsp3) is 0.0870. The van der Waals surface area contributed by atoms with E-state index in [1.807, 2.05) is 84.3 Å². The second-order valence-electron chi connectivity index (χ2n) is 6.77. The number of aromatic nitrogens is 3. The normalized spacial score (nSPS) is 10.8. The van der Waals surface area contributed by atoms with Gasteiger partial charge in [-0.05, 0) is 59.3 Å². The number of carbonyl (C=O) groups excluding carboxylic acids is 1. The van der Waals surface area contributed by atoms with Crippen molar-refractivity contribution in [3.63, 3.8) is 0 Å². The number of benzene rings is 3. The van der Waals surface area contributed by atoms with Crippen LogP contribution in [0.4, 0.5) is 5.69 Å². The highest BCUT2D eigenvalue weighted by atomic mass is 79.9. The lowest BCUT2D eigenvalue weighted by Gasteiger charge is -2.12. The molecule has 0 spiro atoms. The van der Waals surface area contributed by atoms with Crippen LogP contribution < -0.4 is 5.32 Å². The number of amides is 1. The molecule has 0 fully saturated rings.